The van der Waals surface area contributed by atoms with Crippen LogP contribution in [0, 0.1) is 5.92 Å². The second-order valence-corrected chi connectivity index (χ2v) is 11.6. The summed E-state index contributed by atoms with van der Waals surface area (Å²) in [7, 11) is 1.30. The maximum atomic E-state index is 14.1. The van der Waals surface area contributed by atoms with E-state index in [4.69, 9.17) is 14.2 Å². The van der Waals surface area contributed by atoms with Crippen molar-refractivity contribution in [1.82, 2.24) is 4.90 Å². The average Bonchev–Trinajstić information content (AvgIpc) is 3.15. The smallest absolute Gasteiger partial charge is 0.336 e. The molecule has 216 valence electrons. The first-order valence-corrected chi connectivity index (χ1v) is 13.4. The van der Waals surface area contributed by atoms with E-state index < -0.39 is 70.6 Å². The van der Waals surface area contributed by atoms with Gasteiger partial charge in [-0.05, 0) is 49.9 Å². The van der Waals surface area contributed by atoms with E-state index in [1.165, 1.54) is 26.2 Å². The number of aromatic hydroxyl groups is 2. The number of allylic oxidation sites excluding steroid dienone is 1. The minimum Gasteiger partial charge on any atom is -0.506 e. The third-order valence-electron chi connectivity index (χ3n) is 9.12. The number of aryl methyl sites for hydroxylation is 1. The molecule has 12 nitrogen and oxygen atoms in total. The minimum atomic E-state index is -1.71. The third kappa shape index (κ3) is 2.97. The number of amides is 1. The number of methoxy groups -OCH3 is 1. The fraction of sp³-hybridized carbons (Fsp3) is 0.367. The van der Waals surface area contributed by atoms with E-state index >= 15 is 0 Å². The Hall–Kier alpha value is -4.71. The summed E-state index contributed by atoms with van der Waals surface area (Å²) in [5.41, 5.74) is -2.86. The molecule has 0 bridgehead atoms. The molecule has 42 heavy (non-hydrogen) atoms. The molecular weight excluding hydrogens is 550 g/mol. The number of rotatable bonds is 2. The van der Waals surface area contributed by atoms with Gasteiger partial charge in [-0.3, -0.25) is 24.1 Å². The van der Waals surface area contributed by atoms with Crippen LogP contribution in [0.15, 0.2) is 23.8 Å². The van der Waals surface area contributed by atoms with Crippen LogP contribution in [-0.4, -0.2) is 80.5 Å². The largest absolute Gasteiger partial charge is 0.506 e. The maximum Gasteiger partial charge on any atom is 0.336 e. The van der Waals surface area contributed by atoms with Gasteiger partial charge in [-0.15, -0.1) is 0 Å². The Balaban J connectivity index is 1.38. The summed E-state index contributed by atoms with van der Waals surface area (Å²) < 4.78 is 16.5. The molecule has 3 heterocycles. The molecule has 0 spiro atoms. The molecule has 3 aliphatic heterocycles. The van der Waals surface area contributed by atoms with Crippen molar-refractivity contribution >= 4 is 34.8 Å². The molecule has 0 radical (unpaired) electrons. The lowest BCUT2D eigenvalue weighted by Crippen LogP contribution is -2.60. The van der Waals surface area contributed by atoms with E-state index in [9.17, 15) is 39.3 Å². The summed E-state index contributed by atoms with van der Waals surface area (Å²) in [5, 5.41) is 32.3. The lowest BCUT2D eigenvalue weighted by atomic mass is 9.68. The summed E-state index contributed by atoms with van der Waals surface area (Å²) in [4.78, 5) is 69.2. The standard InChI is InChI=1S/C30H25NO11/c1-29(10-32)28(39)42-30(2)9-12-8-11-4-5-13-18(16(11)23(35)17(12)27(38)31(29)30)24(36)20-25(37)19-14(41-26(20)21(13)33)6-7-15(40-3)22(19)34/h6-8,20,26,32,34-35H,4-5,9-10H2,1-3H3/t20?,26?,29-,30-/m0/s1. The lowest BCUT2D eigenvalue weighted by Gasteiger charge is -2.43. The van der Waals surface area contributed by atoms with Crippen LogP contribution in [0.3, 0.4) is 0 Å². The Kier molecular flexibility index (Phi) is 5.11. The van der Waals surface area contributed by atoms with Gasteiger partial charge in [-0.1, -0.05) is 6.07 Å². The quantitative estimate of drug-likeness (QED) is 0.347. The number of nitrogens with zero attached hydrogens (tertiary/aromatic N) is 1. The minimum absolute atomic E-state index is 0.0178. The zero-order valence-corrected chi connectivity index (χ0v) is 22.8. The number of hydrogen-bond acceptors (Lipinski definition) is 11. The number of esters is 1. The highest BCUT2D eigenvalue weighted by Crippen LogP contribution is 2.52. The average molecular weight is 576 g/mol. The number of ketones is 3. The molecule has 7 rings (SSSR count). The Labute approximate surface area is 238 Å². The van der Waals surface area contributed by atoms with Crippen molar-refractivity contribution in [3.05, 3.63) is 51.6 Å². The molecule has 5 aliphatic rings. The summed E-state index contributed by atoms with van der Waals surface area (Å²) in [5.74, 6) is -6.58. The number of aliphatic hydroxyl groups is 1. The molecule has 12 heteroatoms. The first-order chi connectivity index (χ1) is 19.9. The fourth-order valence-corrected chi connectivity index (χ4v) is 7.16. The van der Waals surface area contributed by atoms with Crippen molar-refractivity contribution < 1.29 is 53.5 Å². The SMILES string of the molecule is COc1ccc2c(c1O)C(=O)C1C(=O)C3=C(CCc4cc5c(c(O)c43)C(=O)N3[C@@](C)(CO)C(=O)O[C@@]3(C)C5)C(=O)C1O2. The summed E-state index contributed by atoms with van der Waals surface area (Å²) in [6.07, 6.45) is -1.06. The number of hydrogen-bond donors (Lipinski definition) is 3. The Morgan fingerprint density at radius 3 is 2.38 bits per heavy atom. The predicted molar refractivity (Wildman–Crippen MR) is 140 cm³/mol. The normalized spacial score (nSPS) is 29.1. The van der Waals surface area contributed by atoms with Gasteiger partial charge in [0.25, 0.3) is 5.91 Å². The van der Waals surface area contributed by atoms with E-state index in [-0.39, 0.29) is 58.6 Å². The van der Waals surface area contributed by atoms with Gasteiger partial charge in [0.2, 0.25) is 5.78 Å². The number of aliphatic hydroxyl groups excluding tert-OH is 1. The van der Waals surface area contributed by atoms with Crippen molar-refractivity contribution in [1.29, 1.82) is 0 Å². The number of fused-ring (bicyclic) bond motifs is 6. The highest BCUT2D eigenvalue weighted by Gasteiger charge is 2.63. The topological polar surface area (TPSA) is 177 Å². The number of carbonyl (C=O) groups excluding carboxylic acids is 5. The van der Waals surface area contributed by atoms with Crippen LogP contribution in [0.1, 0.15) is 57.7 Å². The number of ether oxygens (including phenoxy) is 3. The van der Waals surface area contributed by atoms with Crippen LogP contribution in [0.5, 0.6) is 23.0 Å². The van der Waals surface area contributed by atoms with Gasteiger partial charge in [-0.25, -0.2) is 4.79 Å². The number of carbonyl (C=O) groups is 5. The maximum absolute atomic E-state index is 14.1. The zero-order valence-electron chi connectivity index (χ0n) is 22.8. The van der Waals surface area contributed by atoms with Crippen LogP contribution in [-0.2, 0) is 32.0 Å². The highest BCUT2D eigenvalue weighted by atomic mass is 16.6. The van der Waals surface area contributed by atoms with Gasteiger partial charge in [0.1, 0.15) is 23.0 Å². The zero-order chi connectivity index (χ0) is 30.0. The van der Waals surface area contributed by atoms with Crippen molar-refractivity contribution in [3.8, 4) is 23.0 Å². The molecule has 3 N–H and O–H groups in total. The van der Waals surface area contributed by atoms with Crippen molar-refractivity contribution in [2.24, 2.45) is 5.92 Å². The van der Waals surface area contributed by atoms with Gasteiger partial charge >= 0.3 is 5.97 Å². The van der Waals surface area contributed by atoms with Crippen molar-refractivity contribution in [2.45, 2.75) is 50.5 Å². The van der Waals surface area contributed by atoms with Crippen molar-refractivity contribution in [2.75, 3.05) is 13.7 Å². The molecule has 2 aromatic carbocycles. The predicted octanol–water partition coefficient (Wildman–Crippen LogP) is 1.24. The summed E-state index contributed by atoms with van der Waals surface area (Å²) >= 11 is 0. The highest BCUT2D eigenvalue weighted by molar-refractivity contribution is 6.39. The molecule has 0 aromatic heterocycles. The summed E-state index contributed by atoms with van der Waals surface area (Å²) in [6.45, 7) is 2.19. The van der Waals surface area contributed by atoms with Gasteiger partial charge < -0.3 is 29.5 Å². The van der Waals surface area contributed by atoms with E-state index in [0.29, 0.717) is 11.1 Å². The molecule has 2 aromatic rings. The van der Waals surface area contributed by atoms with Gasteiger partial charge in [-0.2, -0.15) is 0 Å². The Bertz CT molecular complexity index is 1760. The van der Waals surface area contributed by atoms with Gasteiger partial charge in [0, 0.05) is 23.1 Å². The second kappa shape index (κ2) is 8.19. The molecule has 0 saturated carbocycles. The first-order valence-electron chi connectivity index (χ1n) is 13.4. The number of benzene rings is 2. The van der Waals surface area contributed by atoms with Crippen LogP contribution in [0.2, 0.25) is 0 Å². The molecule has 4 atom stereocenters. The monoisotopic (exact) mass is 575 g/mol. The molecule has 1 saturated heterocycles. The van der Waals surface area contributed by atoms with Crippen LogP contribution in [0.4, 0.5) is 0 Å². The molecular formula is C30H25NO11. The number of Topliss-reactive ketones (excluding diaryl/α,β-unsaturated/α-hetero) is 3. The number of phenols is 2. The molecule has 2 unspecified atom stereocenters. The Morgan fingerprint density at radius 1 is 0.952 bits per heavy atom. The second-order valence-electron chi connectivity index (χ2n) is 11.6. The molecule has 2 aliphatic carbocycles. The summed E-state index contributed by atoms with van der Waals surface area (Å²) in [6, 6.07) is 4.40. The third-order valence-corrected chi connectivity index (χ3v) is 9.12. The van der Waals surface area contributed by atoms with Crippen molar-refractivity contribution in [3.63, 3.8) is 0 Å². The fourth-order valence-electron chi connectivity index (χ4n) is 7.16. The number of phenolic OH excluding ortho intramolecular Hbond substituents is 2. The van der Waals surface area contributed by atoms with Crippen LogP contribution >= 0.6 is 0 Å². The van der Waals surface area contributed by atoms with E-state index in [2.05, 4.69) is 0 Å². The van der Waals surface area contributed by atoms with Crippen LogP contribution < -0.4 is 9.47 Å². The first kappa shape index (κ1) is 26.2. The van der Waals surface area contributed by atoms with Crippen LogP contribution in [0.25, 0.3) is 5.57 Å². The Morgan fingerprint density at radius 2 is 1.69 bits per heavy atom. The van der Waals surface area contributed by atoms with Gasteiger partial charge in [0.05, 0.1) is 19.3 Å². The molecule has 1 amide bonds. The van der Waals surface area contributed by atoms with Gasteiger partial charge in [0.15, 0.2) is 40.4 Å². The van der Waals surface area contributed by atoms with E-state index in [0.717, 1.165) is 4.90 Å². The van der Waals surface area contributed by atoms with E-state index in [1.807, 2.05) is 0 Å². The lowest BCUT2D eigenvalue weighted by molar-refractivity contribution is -0.151. The van der Waals surface area contributed by atoms with E-state index in [1.54, 1.807) is 13.0 Å². The molecule has 1 fully saturated rings.